The Hall–Kier alpha value is -1.26. The Morgan fingerprint density at radius 2 is 2.00 bits per heavy atom. The lowest BCUT2D eigenvalue weighted by Crippen LogP contribution is -2.50. The van der Waals surface area contributed by atoms with E-state index in [0.29, 0.717) is 12.5 Å². The fourth-order valence-electron chi connectivity index (χ4n) is 2.54. The maximum absolute atomic E-state index is 12.0. The average molecular weight is 240 g/mol. The third-order valence-corrected chi connectivity index (χ3v) is 3.89. The fraction of sp³-hybridized carbons (Fsp3) is 0.833. The van der Waals surface area contributed by atoms with E-state index in [1.807, 2.05) is 13.8 Å². The smallest absolute Gasteiger partial charge is 0.326 e. The zero-order chi connectivity index (χ0) is 12.6. The number of carbonyl (C=O) groups excluding carboxylic acids is 1. The number of hydrogen-bond acceptors (Lipinski definition) is 2. The van der Waals surface area contributed by atoms with Gasteiger partial charge in [-0.2, -0.15) is 0 Å². The largest absolute Gasteiger partial charge is 0.480 e. The molecule has 0 aromatic rings. The van der Waals surface area contributed by atoms with E-state index >= 15 is 0 Å². The van der Waals surface area contributed by atoms with Crippen molar-refractivity contribution >= 4 is 12.0 Å². The Balaban J connectivity index is 1.95. The minimum Gasteiger partial charge on any atom is -0.480 e. The highest BCUT2D eigenvalue weighted by Crippen LogP contribution is 2.32. The Bertz CT molecular complexity index is 328. The first kappa shape index (κ1) is 12.2. The molecule has 1 saturated carbocycles. The third-order valence-electron chi connectivity index (χ3n) is 3.89. The molecule has 17 heavy (non-hydrogen) atoms. The van der Waals surface area contributed by atoms with Crippen LogP contribution in [0.1, 0.15) is 33.1 Å². The number of nitrogens with one attached hydrogen (secondary N) is 1. The van der Waals surface area contributed by atoms with Gasteiger partial charge in [-0.25, -0.2) is 9.59 Å². The number of aliphatic carboxylic acids is 1. The molecule has 96 valence electrons. The molecule has 1 aliphatic heterocycles. The van der Waals surface area contributed by atoms with Crippen molar-refractivity contribution in [2.45, 2.75) is 45.2 Å². The number of carboxylic acid groups (broad SMARTS) is 1. The minimum atomic E-state index is -0.899. The first-order valence-corrected chi connectivity index (χ1v) is 6.30. The molecule has 2 amide bonds. The van der Waals surface area contributed by atoms with Gasteiger partial charge >= 0.3 is 12.0 Å². The molecular weight excluding hydrogens is 220 g/mol. The summed E-state index contributed by atoms with van der Waals surface area (Å²) in [6.45, 7) is 4.42. The zero-order valence-electron chi connectivity index (χ0n) is 10.3. The number of hydrogen-bond donors (Lipinski definition) is 2. The molecule has 5 heteroatoms. The standard InChI is InChI=1S/C12H20N2O3/c1-7-5-6-14(10(7)11(15)16)12(17)13-8(2)9-3-4-9/h7-10H,3-6H2,1-2H3,(H,13,17)(H,15,16). The lowest BCUT2D eigenvalue weighted by Gasteiger charge is -2.25. The fourth-order valence-corrected chi connectivity index (χ4v) is 2.54. The van der Waals surface area contributed by atoms with Gasteiger partial charge in [0.15, 0.2) is 0 Å². The molecule has 0 spiro atoms. The van der Waals surface area contributed by atoms with Crippen LogP contribution in [0.4, 0.5) is 4.79 Å². The van der Waals surface area contributed by atoms with Gasteiger partial charge in [0, 0.05) is 12.6 Å². The van der Waals surface area contributed by atoms with Crippen LogP contribution >= 0.6 is 0 Å². The monoisotopic (exact) mass is 240 g/mol. The summed E-state index contributed by atoms with van der Waals surface area (Å²) in [6, 6.07) is -0.726. The average Bonchev–Trinajstić information content (AvgIpc) is 3.01. The van der Waals surface area contributed by atoms with Gasteiger partial charge in [0.25, 0.3) is 0 Å². The van der Waals surface area contributed by atoms with Crippen LogP contribution in [-0.2, 0) is 4.79 Å². The maximum Gasteiger partial charge on any atom is 0.326 e. The van der Waals surface area contributed by atoms with Gasteiger partial charge in [-0.05, 0) is 38.0 Å². The third kappa shape index (κ3) is 2.53. The molecule has 0 bridgehead atoms. The van der Waals surface area contributed by atoms with Gasteiger partial charge in [0.1, 0.15) is 6.04 Å². The van der Waals surface area contributed by atoms with Crippen molar-refractivity contribution in [3.05, 3.63) is 0 Å². The lowest BCUT2D eigenvalue weighted by molar-refractivity contribution is -0.142. The van der Waals surface area contributed by atoms with Crippen LogP contribution in [0.15, 0.2) is 0 Å². The predicted octanol–water partition coefficient (Wildman–Crippen LogP) is 1.29. The Morgan fingerprint density at radius 3 is 2.53 bits per heavy atom. The molecule has 5 nitrogen and oxygen atoms in total. The van der Waals surface area contributed by atoms with Gasteiger partial charge in [0.2, 0.25) is 0 Å². The Labute approximate surface area is 101 Å². The van der Waals surface area contributed by atoms with E-state index < -0.39 is 12.0 Å². The van der Waals surface area contributed by atoms with Gasteiger partial charge in [-0.15, -0.1) is 0 Å². The van der Waals surface area contributed by atoms with E-state index in [4.69, 9.17) is 5.11 Å². The van der Waals surface area contributed by atoms with Crippen LogP contribution in [-0.4, -0.2) is 40.6 Å². The molecule has 2 rings (SSSR count). The number of likely N-dealkylation sites (tertiary alicyclic amines) is 1. The van der Waals surface area contributed by atoms with Crippen molar-refractivity contribution in [2.75, 3.05) is 6.54 Å². The topological polar surface area (TPSA) is 69.6 Å². The molecule has 0 aromatic carbocycles. The Kier molecular flexibility index (Phi) is 3.26. The van der Waals surface area contributed by atoms with Crippen LogP contribution in [0.3, 0.4) is 0 Å². The summed E-state index contributed by atoms with van der Waals surface area (Å²) in [5, 5.41) is 12.0. The highest BCUT2D eigenvalue weighted by molar-refractivity contribution is 5.83. The van der Waals surface area contributed by atoms with Crippen molar-refractivity contribution < 1.29 is 14.7 Å². The Morgan fingerprint density at radius 1 is 1.35 bits per heavy atom. The van der Waals surface area contributed by atoms with Crippen LogP contribution in [0.25, 0.3) is 0 Å². The first-order valence-electron chi connectivity index (χ1n) is 6.30. The number of amides is 2. The molecule has 1 heterocycles. The molecule has 1 saturated heterocycles. The highest BCUT2D eigenvalue weighted by atomic mass is 16.4. The van der Waals surface area contributed by atoms with Crippen LogP contribution < -0.4 is 5.32 Å². The minimum absolute atomic E-state index is 0.0366. The summed E-state index contributed by atoms with van der Waals surface area (Å²) in [4.78, 5) is 24.6. The molecule has 2 N–H and O–H groups in total. The molecule has 3 atom stereocenters. The van der Waals surface area contributed by atoms with Crippen molar-refractivity contribution in [3.63, 3.8) is 0 Å². The van der Waals surface area contributed by atoms with Gasteiger partial charge < -0.3 is 15.3 Å². The van der Waals surface area contributed by atoms with Crippen molar-refractivity contribution in [2.24, 2.45) is 11.8 Å². The van der Waals surface area contributed by atoms with Crippen LogP contribution in [0.5, 0.6) is 0 Å². The van der Waals surface area contributed by atoms with E-state index in [0.717, 1.165) is 6.42 Å². The molecule has 0 radical (unpaired) electrons. The maximum atomic E-state index is 12.0. The number of urea groups is 1. The second-order valence-electron chi connectivity index (χ2n) is 5.32. The number of carboxylic acids is 1. The SMILES string of the molecule is CC1CCN(C(=O)NC(C)C2CC2)C1C(=O)O. The van der Waals surface area contributed by atoms with E-state index in [1.54, 1.807) is 0 Å². The molecule has 2 fully saturated rings. The molecular formula is C12H20N2O3. The van der Waals surface area contributed by atoms with Gasteiger partial charge in [-0.1, -0.05) is 6.92 Å². The molecule has 3 unspecified atom stereocenters. The van der Waals surface area contributed by atoms with E-state index in [1.165, 1.54) is 17.7 Å². The predicted molar refractivity (Wildman–Crippen MR) is 62.6 cm³/mol. The van der Waals surface area contributed by atoms with Gasteiger partial charge in [0.05, 0.1) is 0 Å². The highest BCUT2D eigenvalue weighted by Gasteiger charge is 2.40. The molecule has 2 aliphatic rings. The van der Waals surface area contributed by atoms with Gasteiger partial charge in [-0.3, -0.25) is 0 Å². The first-order chi connectivity index (χ1) is 8.00. The second-order valence-corrected chi connectivity index (χ2v) is 5.32. The lowest BCUT2D eigenvalue weighted by atomic mass is 10.0. The van der Waals surface area contributed by atoms with E-state index in [2.05, 4.69) is 5.32 Å². The summed E-state index contributed by atoms with van der Waals surface area (Å²) in [7, 11) is 0. The van der Waals surface area contributed by atoms with Crippen molar-refractivity contribution in [1.82, 2.24) is 10.2 Å². The summed E-state index contributed by atoms with van der Waals surface area (Å²) < 4.78 is 0. The van der Waals surface area contributed by atoms with Crippen LogP contribution in [0, 0.1) is 11.8 Å². The van der Waals surface area contributed by atoms with Crippen molar-refractivity contribution in [1.29, 1.82) is 0 Å². The van der Waals surface area contributed by atoms with E-state index in [-0.39, 0.29) is 18.0 Å². The number of carbonyl (C=O) groups is 2. The van der Waals surface area contributed by atoms with Crippen molar-refractivity contribution in [3.8, 4) is 0 Å². The second kappa shape index (κ2) is 4.55. The van der Waals surface area contributed by atoms with E-state index in [9.17, 15) is 9.59 Å². The summed E-state index contributed by atoms with van der Waals surface area (Å²) in [6.07, 6.45) is 3.10. The summed E-state index contributed by atoms with van der Waals surface area (Å²) in [5.41, 5.74) is 0. The summed E-state index contributed by atoms with van der Waals surface area (Å²) >= 11 is 0. The normalized spacial score (nSPS) is 30.1. The quantitative estimate of drug-likeness (QED) is 0.781. The summed E-state index contributed by atoms with van der Waals surface area (Å²) in [5.74, 6) is -0.277. The number of rotatable bonds is 3. The number of nitrogens with zero attached hydrogens (tertiary/aromatic N) is 1. The van der Waals surface area contributed by atoms with Crippen LogP contribution in [0.2, 0.25) is 0 Å². The zero-order valence-corrected chi connectivity index (χ0v) is 10.3. The molecule has 1 aliphatic carbocycles. The molecule has 0 aromatic heterocycles.